The highest BCUT2D eigenvalue weighted by Crippen LogP contribution is 2.32. The summed E-state index contributed by atoms with van der Waals surface area (Å²) in [7, 11) is 3.78. The predicted molar refractivity (Wildman–Crippen MR) is 57.4 cm³/mol. The van der Waals surface area contributed by atoms with Gasteiger partial charge in [-0.1, -0.05) is 0 Å². The average Bonchev–Trinajstić information content (AvgIpc) is 2.72. The Kier molecular flexibility index (Phi) is 2.78. The van der Waals surface area contributed by atoms with E-state index < -0.39 is 0 Å². The number of rotatable bonds is 2. The second kappa shape index (κ2) is 3.90. The molecule has 1 aromatic rings. The third-order valence-electron chi connectivity index (χ3n) is 2.69. The van der Waals surface area contributed by atoms with Gasteiger partial charge in [-0.3, -0.25) is 4.90 Å². The van der Waals surface area contributed by atoms with Crippen LogP contribution in [-0.2, 0) is 0 Å². The van der Waals surface area contributed by atoms with E-state index in [4.69, 9.17) is 4.74 Å². The van der Waals surface area contributed by atoms with Crippen LogP contribution in [0.25, 0.3) is 0 Å². The van der Waals surface area contributed by atoms with Crippen LogP contribution in [0.3, 0.4) is 0 Å². The van der Waals surface area contributed by atoms with E-state index in [2.05, 4.69) is 33.0 Å². The number of hydrogen-bond donors (Lipinski definition) is 0. The molecule has 0 aromatic carbocycles. The molecule has 1 saturated heterocycles. The van der Waals surface area contributed by atoms with Crippen LogP contribution in [0.15, 0.2) is 10.8 Å². The molecule has 0 N–H and O–H groups in total. The zero-order chi connectivity index (χ0) is 10.1. The Morgan fingerprint density at radius 2 is 2.43 bits per heavy atom. The van der Waals surface area contributed by atoms with Crippen LogP contribution >= 0.6 is 15.9 Å². The van der Waals surface area contributed by atoms with Gasteiger partial charge in [-0.25, -0.2) is 4.68 Å². The van der Waals surface area contributed by atoms with Crippen molar-refractivity contribution in [3.05, 3.63) is 10.8 Å². The summed E-state index contributed by atoms with van der Waals surface area (Å²) < 4.78 is 8.08. The van der Waals surface area contributed by atoms with Gasteiger partial charge in [-0.2, -0.15) is 5.10 Å². The van der Waals surface area contributed by atoms with E-state index in [0.29, 0.717) is 6.17 Å². The molecule has 5 heteroatoms. The number of likely N-dealkylation sites (tertiary alicyclic amines) is 1. The molecule has 0 saturated carbocycles. The molecule has 0 aliphatic carbocycles. The molecule has 14 heavy (non-hydrogen) atoms. The van der Waals surface area contributed by atoms with Gasteiger partial charge in [0.2, 0.25) is 0 Å². The number of halogens is 1. The summed E-state index contributed by atoms with van der Waals surface area (Å²) in [5, 5.41) is 4.32. The van der Waals surface area contributed by atoms with Gasteiger partial charge < -0.3 is 4.74 Å². The van der Waals surface area contributed by atoms with E-state index >= 15 is 0 Å². The largest absolute Gasteiger partial charge is 0.492 e. The van der Waals surface area contributed by atoms with Crippen LogP contribution in [0.1, 0.15) is 19.0 Å². The maximum Gasteiger partial charge on any atom is 0.171 e. The van der Waals surface area contributed by atoms with Crippen molar-refractivity contribution < 1.29 is 4.74 Å². The highest BCUT2D eigenvalue weighted by atomic mass is 79.9. The molecule has 78 valence electrons. The number of nitrogens with zero attached hydrogens (tertiary/aromatic N) is 3. The summed E-state index contributed by atoms with van der Waals surface area (Å²) in [4.78, 5) is 2.30. The molecule has 1 aliphatic rings. The molecule has 0 radical (unpaired) electrons. The fraction of sp³-hybridized carbons (Fsp3) is 0.667. The summed E-state index contributed by atoms with van der Waals surface area (Å²) in [6, 6.07) is 0. The van der Waals surface area contributed by atoms with Crippen LogP contribution < -0.4 is 4.74 Å². The highest BCUT2D eigenvalue weighted by molar-refractivity contribution is 9.10. The van der Waals surface area contributed by atoms with Crippen molar-refractivity contribution in [3.8, 4) is 5.75 Å². The zero-order valence-corrected chi connectivity index (χ0v) is 9.99. The molecule has 1 atom stereocenters. The van der Waals surface area contributed by atoms with E-state index in [1.165, 1.54) is 6.42 Å². The van der Waals surface area contributed by atoms with Crippen LogP contribution in [0.2, 0.25) is 0 Å². The van der Waals surface area contributed by atoms with Gasteiger partial charge in [-0.15, -0.1) is 0 Å². The van der Waals surface area contributed by atoms with E-state index in [1.54, 1.807) is 13.3 Å². The Balaban J connectivity index is 2.27. The lowest BCUT2D eigenvalue weighted by molar-refractivity contribution is 0.216. The number of methoxy groups -OCH3 is 1. The van der Waals surface area contributed by atoms with Crippen molar-refractivity contribution in [1.82, 2.24) is 14.7 Å². The van der Waals surface area contributed by atoms with Crippen molar-refractivity contribution in [3.63, 3.8) is 0 Å². The van der Waals surface area contributed by atoms with Crippen LogP contribution in [0, 0.1) is 0 Å². The van der Waals surface area contributed by atoms with Crippen molar-refractivity contribution in [2.45, 2.75) is 19.0 Å². The zero-order valence-electron chi connectivity index (χ0n) is 8.40. The molecule has 0 bridgehead atoms. The van der Waals surface area contributed by atoms with Crippen LogP contribution in [0.4, 0.5) is 0 Å². The van der Waals surface area contributed by atoms with Gasteiger partial charge in [0, 0.05) is 0 Å². The van der Waals surface area contributed by atoms with E-state index in [0.717, 1.165) is 23.3 Å². The Morgan fingerprint density at radius 3 is 2.93 bits per heavy atom. The fourth-order valence-corrected chi connectivity index (χ4v) is 2.47. The molecule has 1 aliphatic heterocycles. The molecular formula is C9H14BrN3O. The topological polar surface area (TPSA) is 30.3 Å². The first kappa shape index (κ1) is 9.98. The van der Waals surface area contributed by atoms with Gasteiger partial charge in [0.05, 0.1) is 13.3 Å². The minimum atomic E-state index is 0.369. The first-order valence-corrected chi connectivity index (χ1v) is 5.50. The summed E-state index contributed by atoms with van der Waals surface area (Å²) in [5.41, 5.74) is 0. The fourth-order valence-electron chi connectivity index (χ4n) is 1.88. The van der Waals surface area contributed by atoms with Crippen molar-refractivity contribution in [2.75, 3.05) is 20.7 Å². The molecule has 1 unspecified atom stereocenters. The molecule has 2 heterocycles. The minimum absolute atomic E-state index is 0.369. The van der Waals surface area contributed by atoms with Crippen molar-refractivity contribution >= 4 is 15.9 Å². The van der Waals surface area contributed by atoms with Gasteiger partial charge in [0.15, 0.2) is 5.75 Å². The van der Waals surface area contributed by atoms with Crippen LogP contribution in [-0.4, -0.2) is 35.4 Å². The second-order valence-corrected chi connectivity index (χ2v) is 4.30. The van der Waals surface area contributed by atoms with Gasteiger partial charge in [-0.05, 0) is 42.4 Å². The summed E-state index contributed by atoms with van der Waals surface area (Å²) in [6.07, 6.45) is 4.50. The molecule has 0 amide bonds. The van der Waals surface area contributed by atoms with E-state index in [9.17, 15) is 0 Å². The third-order valence-corrected chi connectivity index (χ3v) is 3.44. The van der Waals surface area contributed by atoms with Gasteiger partial charge in [0.25, 0.3) is 0 Å². The Labute approximate surface area is 92.0 Å². The van der Waals surface area contributed by atoms with Gasteiger partial charge >= 0.3 is 0 Å². The predicted octanol–water partition coefficient (Wildman–Crippen LogP) is 1.88. The van der Waals surface area contributed by atoms with E-state index in [-0.39, 0.29) is 0 Å². The van der Waals surface area contributed by atoms with E-state index in [1.807, 2.05) is 4.68 Å². The lowest BCUT2D eigenvalue weighted by Crippen LogP contribution is -2.24. The maximum atomic E-state index is 5.17. The monoisotopic (exact) mass is 259 g/mol. The first-order chi connectivity index (χ1) is 6.74. The quantitative estimate of drug-likeness (QED) is 0.813. The number of hydrogen-bond acceptors (Lipinski definition) is 3. The SMILES string of the molecule is COc1cnn(C2CCCN2C)c1Br. The summed E-state index contributed by atoms with van der Waals surface area (Å²) in [5.74, 6) is 0.797. The number of aromatic nitrogens is 2. The number of ether oxygens (including phenoxy) is 1. The molecule has 1 aromatic heterocycles. The average molecular weight is 260 g/mol. The normalized spacial score (nSPS) is 22.9. The molecule has 4 nitrogen and oxygen atoms in total. The molecule has 2 rings (SSSR count). The summed E-state index contributed by atoms with van der Waals surface area (Å²) >= 11 is 3.50. The van der Waals surface area contributed by atoms with Crippen LogP contribution in [0.5, 0.6) is 5.75 Å². The maximum absolute atomic E-state index is 5.17. The first-order valence-electron chi connectivity index (χ1n) is 4.71. The lowest BCUT2D eigenvalue weighted by Gasteiger charge is -2.20. The lowest BCUT2D eigenvalue weighted by atomic mass is 10.3. The van der Waals surface area contributed by atoms with Crippen molar-refractivity contribution in [1.29, 1.82) is 0 Å². The highest BCUT2D eigenvalue weighted by Gasteiger charge is 2.25. The minimum Gasteiger partial charge on any atom is -0.492 e. The standard InChI is InChI=1S/C9H14BrN3O/c1-12-5-3-4-8(12)13-9(10)7(14-2)6-11-13/h6,8H,3-5H2,1-2H3. The van der Waals surface area contributed by atoms with Gasteiger partial charge in [0.1, 0.15) is 10.8 Å². The molecule has 0 spiro atoms. The Morgan fingerprint density at radius 1 is 1.64 bits per heavy atom. The smallest absolute Gasteiger partial charge is 0.171 e. The Hall–Kier alpha value is -0.550. The third kappa shape index (κ3) is 1.54. The summed E-state index contributed by atoms with van der Waals surface area (Å²) in [6.45, 7) is 1.14. The Bertz CT molecular complexity index is 326. The van der Waals surface area contributed by atoms with Crippen molar-refractivity contribution in [2.24, 2.45) is 0 Å². The molecule has 1 fully saturated rings. The second-order valence-electron chi connectivity index (χ2n) is 3.55. The molecular weight excluding hydrogens is 246 g/mol.